The van der Waals surface area contributed by atoms with E-state index in [-0.39, 0.29) is 11.8 Å². The molecule has 0 amide bonds. The van der Waals surface area contributed by atoms with Gasteiger partial charge in [-0.25, -0.2) is 0 Å². The van der Waals surface area contributed by atoms with Crippen LogP contribution in [0.1, 0.15) is 24.6 Å². The molecule has 2 nitrogen and oxygen atoms in total. The molecule has 1 heterocycles. The molecule has 0 bridgehead atoms. The van der Waals surface area contributed by atoms with Crippen molar-refractivity contribution in [3.63, 3.8) is 0 Å². The van der Waals surface area contributed by atoms with Crippen LogP contribution in [0.3, 0.4) is 0 Å². The molecule has 0 saturated carbocycles. The molecule has 4 heteroatoms. The van der Waals surface area contributed by atoms with Crippen molar-refractivity contribution in [2.75, 3.05) is 0 Å². The molecular weight excluding hydrogens is 252 g/mol. The van der Waals surface area contributed by atoms with Crippen LogP contribution in [-0.4, -0.2) is 11.1 Å². The molecule has 1 N–H and O–H groups in total. The Kier molecular flexibility index (Phi) is 3.50. The van der Waals surface area contributed by atoms with E-state index in [2.05, 4.69) is 15.9 Å². The molecule has 0 radical (unpaired) electrons. The van der Waals surface area contributed by atoms with E-state index >= 15 is 0 Å². The third kappa shape index (κ3) is 2.31. The van der Waals surface area contributed by atoms with E-state index in [4.69, 9.17) is 5.11 Å². The zero-order valence-electron chi connectivity index (χ0n) is 7.45. The number of carboxylic acid groups (broad SMARTS) is 1. The SMILES string of the molecule is CC(C(=O)O)C(C)c1sccc1Br. The second-order valence-electron chi connectivity index (χ2n) is 3.05. The topological polar surface area (TPSA) is 37.3 Å². The monoisotopic (exact) mass is 262 g/mol. The Balaban J connectivity index is 2.85. The summed E-state index contributed by atoms with van der Waals surface area (Å²) in [6.07, 6.45) is 0. The lowest BCUT2D eigenvalue weighted by Crippen LogP contribution is -2.16. The molecular formula is C9H11BrO2S. The number of aliphatic carboxylic acids is 1. The molecule has 0 aromatic carbocycles. The third-order valence-corrected chi connectivity index (χ3v) is 4.27. The van der Waals surface area contributed by atoms with Crippen LogP contribution in [0.2, 0.25) is 0 Å². The van der Waals surface area contributed by atoms with E-state index in [0.29, 0.717) is 0 Å². The maximum absolute atomic E-state index is 10.7. The maximum atomic E-state index is 10.7. The molecule has 0 fully saturated rings. The summed E-state index contributed by atoms with van der Waals surface area (Å²) in [6, 6.07) is 1.95. The van der Waals surface area contributed by atoms with Gasteiger partial charge in [-0.2, -0.15) is 0 Å². The number of halogens is 1. The fourth-order valence-electron chi connectivity index (χ4n) is 1.07. The van der Waals surface area contributed by atoms with E-state index in [9.17, 15) is 4.79 Å². The number of thiophene rings is 1. The van der Waals surface area contributed by atoms with Crippen LogP contribution in [0.15, 0.2) is 15.9 Å². The quantitative estimate of drug-likeness (QED) is 0.908. The highest BCUT2D eigenvalue weighted by atomic mass is 79.9. The van der Waals surface area contributed by atoms with Crippen molar-refractivity contribution in [2.45, 2.75) is 19.8 Å². The van der Waals surface area contributed by atoms with Crippen LogP contribution in [0.25, 0.3) is 0 Å². The summed E-state index contributed by atoms with van der Waals surface area (Å²) in [7, 11) is 0. The van der Waals surface area contributed by atoms with Gasteiger partial charge in [-0.05, 0) is 27.4 Å². The predicted octanol–water partition coefficient (Wildman–Crippen LogP) is 3.33. The second-order valence-corrected chi connectivity index (χ2v) is 4.85. The van der Waals surface area contributed by atoms with Gasteiger partial charge in [0.25, 0.3) is 0 Å². The molecule has 13 heavy (non-hydrogen) atoms. The lowest BCUT2D eigenvalue weighted by molar-refractivity contribution is -0.141. The first kappa shape index (κ1) is 10.7. The first-order valence-electron chi connectivity index (χ1n) is 3.99. The molecule has 0 aliphatic rings. The second kappa shape index (κ2) is 4.24. The number of carboxylic acids is 1. The first-order valence-corrected chi connectivity index (χ1v) is 5.67. The van der Waals surface area contributed by atoms with Crippen LogP contribution >= 0.6 is 27.3 Å². The van der Waals surface area contributed by atoms with Crippen LogP contribution in [-0.2, 0) is 4.79 Å². The van der Waals surface area contributed by atoms with E-state index in [1.807, 2.05) is 18.4 Å². The van der Waals surface area contributed by atoms with Crippen molar-refractivity contribution >= 4 is 33.2 Å². The summed E-state index contributed by atoms with van der Waals surface area (Å²) in [5, 5.41) is 10.8. The lowest BCUT2D eigenvalue weighted by Gasteiger charge is -2.14. The van der Waals surface area contributed by atoms with Gasteiger partial charge in [-0.3, -0.25) is 4.79 Å². The van der Waals surface area contributed by atoms with Gasteiger partial charge < -0.3 is 5.11 Å². The minimum Gasteiger partial charge on any atom is -0.481 e. The van der Waals surface area contributed by atoms with E-state index in [0.717, 1.165) is 9.35 Å². The van der Waals surface area contributed by atoms with E-state index < -0.39 is 5.97 Å². The highest BCUT2D eigenvalue weighted by Gasteiger charge is 2.23. The average molecular weight is 263 g/mol. The zero-order chi connectivity index (χ0) is 10.0. The van der Waals surface area contributed by atoms with Gasteiger partial charge >= 0.3 is 5.97 Å². The summed E-state index contributed by atoms with van der Waals surface area (Å²) in [6.45, 7) is 3.68. The molecule has 1 aromatic rings. The highest BCUT2D eigenvalue weighted by molar-refractivity contribution is 9.10. The summed E-state index contributed by atoms with van der Waals surface area (Å²) < 4.78 is 1.01. The maximum Gasteiger partial charge on any atom is 0.306 e. The van der Waals surface area contributed by atoms with Crippen LogP contribution in [0.4, 0.5) is 0 Å². The van der Waals surface area contributed by atoms with Crippen molar-refractivity contribution in [1.29, 1.82) is 0 Å². The van der Waals surface area contributed by atoms with Crippen LogP contribution < -0.4 is 0 Å². The van der Waals surface area contributed by atoms with Gasteiger partial charge in [0.15, 0.2) is 0 Å². The Bertz CT molecular complexity index is 308. The smallest absolute Gasteiger partial charge is 0.306 e. The van der Waals surface area contributed by atoms with E-state index in [1.165, 1.54) is 0 Å². The average Bonchev–Trinajstić information content (AvgIpc) is 2.48. The number of hydrogen-bond acceptors (Lipinski definition) is 2. The van der Waals surface area contributed by atoms with Crippen LogP contribution in [0.5, 0.6) is 0 Å². The molecule has 0 aliphatic heterocycles. The fraction of sp³-hybridized carbons (Fsp3) is 0.444. The molecule has 1 aromatic heterocycles. The zero-order valence-corrected chi connectivity index (χ0v) is 9.85. The normalized spacial score (nSPS) is 15.3. The summed E-state index contributed by atoms with van der Waals surface area (Å²) in [5.41, 5.74) is 0. The predicted molar refractivity (Wildman–Crippen MR) is 57.2 cm³/mol. The third-order valence-electron chi connectivity index (χ3n) is 2.20. The minimum absolute atomic E-state index is 0.0619. The Morgan fingerprint density at radius 2 is 2.23 bits per heavy atom. The van der Waals surface area contributed by atoms with Gasteiger partial charge in [0.1, 0.15) is 0 Å². The van der Waals surface area contributed by atoms with Gasteiger partial charge in [0.2, 0.25) is 0 Å². The minimum atomic E-state index is -0.743. The molecule has 0 saturated heterocycles. The van der Waals surface area contributed by atoms with Crippen molar-refractivity contribution in [2.24, 2.45) is 5.92 Å². The first-order chi connectivity index (χ1) is 6.04. The number of hydrogen-bond donors (Lipinski definition) is 1. The lowest BCUT2D eigenvalue weighted by atomic mass is 9.95. The molecule has 2 unspecified atom stereocenters. The Morgan fingerprint density at radius 1 is 1.62 bits per heavy atom. The largest absolute Gasteiger partial charge is 0.481 e. The van der Waals surface area contributed by atoms with Crippen LogP contribution in [0, 0.1) is 5.92 Å². The standard InChI is InChI=1S/C9H11BrO2S/c1-5(6(2)9(11)12)8-7(10)3-4-13-8/h3-6H,1-2H3,(H,11,12). The summed E-state index contributed by atoms with van der Waals surface area (Å²) >= 11 is 4.99. The van der Waals surface area contributed by atoms with Crippen molar-refractivity contribution in [3.05, 3.63) is 20.8 Å². The van der Waals surface area contributed by atoms with Gasteiger partial charge in [0.05, 0.1) is 5.92 Å². The van der Waals surface area contributed by atoms with Crippen molar-refractivity contribution < 1.29 is 9.90 Å². The summed E-state index contributed by atoms with van der Waals surface area (Å²) in [4.78, 5) is 11.8. The highest BCUT2D eigenvalue weighted by Crippen LogP contribution is 2.34. The Morgan fingerprint density at radius 3 is 2.62 bits per heavy atom. The molecule has 72 valence electrons. The molecule has 0 aliphatic carbocycles. The van der Waals surface area contributed by atoms with Gasteiger partial charge in [0, 0.05) is 15.3 Å². The van der Waals surface area contributed by atoms with Crippen molar-refractivity contribution in [1.82, 2.24) is 0 Å². The Hall–Kier alpha value is -0.350. The van der Waals surface area contributed by atoms with E-state index in [1.54, 1.807) is 18.3 Å². The molecule has 0 spiro atoms. The molecule has 1 rings (SSSR count). The van der Waals surface area contributed by atoms with Gasteiger partial charge in [-0.1, -0.05) is 13.8 Å². The van der Waals surface area contributed by atoms with Crippen molar-refractivity contribution in [3.8, 4) is 0 Å². The fourth-order valence-corrected chi connectivity index (χ4v) is 2.97. The molecule has 2 atom stereocenters. The van der Waals surface area contributed by atoms with Gasteiger partial charge in [-0.15, -0.1) is 11.3 Å². The number of carbonyl (C=O) groups is 1. The Labute approximate surface area is 89.7 Å². The number of rotatable bonds is 3. The summed E-state index contributed by atoms with van der Waals surface area (Å²) in [5.74, 6) is -1.02.